The van der Waals surface area contributed by atoms with Gasteiger partial charge in [-0.3, -0.25) is 0 Å². The molecule has 0 saturated heterocycles. The number of hydrogen-bond donors (Lipinski definition) is 2. The Morgan fingerprint density at radius 1 is 0.833 bits per heavy atom. The summed E-state index contributed by atoms with van der Waals surface area (Å²) < 4.78 is 17.6. The lowest BCUT2D eigenvalue weighted by molar-refractivity contribution is 1.48. The summed E-state index contributed by atoms with van der Waals surface area (Å²) in [6, 6.07) is 3.71. The Kier molecular flexibility index (Phi) is 3.33. The van der Waals surface area contributed by atoms with Crippen molar-refractivity contribution in [2.75, 3.05) is 11.5 Å². The number of aryl methyl sites for hydroxylation is 1. The van der Waals surface area contributed by atoms with E-state index >= 15 is 0 Å². The van der Waals surface area contributed by atoms with Crippen LogP contribution in [0.25, 0.3) is 33.2 Å². The van der Waals surface area contributed by atoms with Crippen LogP contribution in [-0.2, 0) is 0 Å². The number of anilines is 2. The molecule has 6 nitrogen and oxygen atoms in total. The van der Waals surface area contributed by atoms with Crippen molar-refractivity contribution in [2.45, 2.75) is 13.8 Å². The van der Waals surface area contributed by atoms with E-state index in [2.05, 4.69) is 29.3 Å². The third-order valence-electron chi connectivity index (χ3n) is 3.84. The predicted octanol–water partition coefficient (Wildman–Crippen LogP) is 3.21. The topological polar surface area (TPSA) is 104 Å². The number of nitrogen functional groups attached to an aromatic ring is 2. The van der Waals surface area contributed by atoms with Crippen LogP contribution in [-0.4, -0.2) is 17.5 Å². The second-order valence-electron chi connectivity index (χ2n) is 5.34. The average molecular weight is 352 g/mol. The van der Waals surface area contributed by atoms with Crippen molar-refractivity contribution in [1.29, 1.82) is 0 Å². The quantitative estimate of drug-likeness (QED) is 0.403. The van der Waals surface area contributed by atoms with Crippen molar-refractivity contribution in [2.24, 2.45) is 0 Å². The first-order valence-electron chi connectivity index (χ1n) is 7.11. The molecule has 8 heteroatoms. The molecule has 4 aromatic rings. The molecular formula is C16H12N6S2. The Bertz CT molecular complexity index is 1160. The van der Waals surface area contributed by atoms with Gasteiger partial charge in [0.1, 0.15) is 22.1 Å². The highest BCUT2D eigenvalue weighted by molar-refractivity contribution is 7.00. The van der Waals surface area contributed by atoms with E-state index in [1.807, 2.05) is 19.1 Å². The molecule has 4 N–H and O–H groups in total. The SMILES string of the molecule is CC#Cc1cc(N)c(-c2c(N)cc(C)c3nsnc23)c2nsnc12. The van der Waals surface area contributed by atoms with Crippen LogP contribution in [0, 0.1) is 18.8 Å². The van der Waals surface area contributed by atoms with Crippen LogP contribution in [0.4, 0.5) is 11.4 Å². The third-order valence-corrected chi connectivity index (χ3v) is 4.90. The zero-order chi connectivity index (χ0) is 16.8. The molecular weight excluding hydrogens is 340 g/mol. The molecule has 0 aliphatic rings. The fraction of sp³-hybridized carbons (Fsp3) is 0.125. The minimum Gasteiger partial charge on any atom is -0.398 e. The molecule has 2 aromatic heterocycles. The summed E-state index contributed by atoms with van der Waals surface area (Å²) in [6.45, 7) is 3.74. The van der Waals surface area contributed by atoms with E-state index in [4.69, 9.17) is 11.5 Å². The number of benzene rings is 2. The maximum atomic E-state index is 6.34. The van der Waals surface area contributed by atoms with Crippen molar-refractivity contribution in [3.63, 3.8) is 0 Å². The number of nitrogens with two attached hydrogens (primary N) is 2. The van der Waals surface area contributed by atoms with E-state index < -0.39 is 0 Å². The van der Waals surface area contributed by atoms with Crippen molar-refractivity contribution >= 4 is 56.9 Å². The van der Waals surface area contributed by atoms with Gasteiger partial charge in [-0.2, -0.15) is 17.5 Å². The van der Waals surface area contributed by atoms with Crippen molar-refractivity contribution < 1.29 is 0 Å². The van der Waals surface area contributed by atoms with Gasteiger partial charge in [0, 0.05) is 22.5 Å². The first kappa shape index (κ1) is 14.8. The maximum Gasteiger partial charge on any atom is 0.121 e. The minimum atomic E-state index is 0.554. The van der Waals surface area contributed by atoms with E-state index in [1.54, 1.807) is 6.92 Å². The van der Waals surface area contributed by atoms with Crippen molar-refractivity contribution in [3.8, 4) is 23.0 Å². The van der Waals surface area contributed by atoms with Crippen molar-refractivity contribution in [3.05, 3.63) is 23.3 Å². The molecule has 0 saturated carbocycles. The molecule has 0 amide bonds. The summed E-state index contributed by atoms with van der Waals surface area (Å²) >= 11 is 2.29. The summed E-state index contributed by atoms with van der Waals surface area (Å²) in [7, 11) is 0. The zero-order valence-corrected chi connectivity index (χ0v) is 14.5. The lowest BCUT2D eigenvalue weighted by atomic mass is 9.95. The van der Waals surface area contributed by atoms with Gasteiger partial charge in [-0.05, 0) is 31.5 Å². The van der Waals surface area contributed by atoms with Crippen LogP contribution in [0.15, 0.2) is 12.1 Å². The van der Waals surface area contributed by atoms with Crippen LogP contribution in [0.5, 0.6) is 0 Å². The van der Waals surface area contributed by atoms with Crippen molar-refractivity contribution in [1.82, 2.24) is 17.5 Å². The van der Waals surface area contributed by atoms with Gasteiger partial charge >= 0.3 is 0 Å². The zero-order valence-electron chi connectivity index (χ0n) is 12.9. The summed E-state index contributed by atoms with van der Waals surface area (Å²) in [6.07, 6.45) is 0. The largest absolute Gasteiger partial charge is 0.398 e. The lowest BCUT2D eigenvalue weighted by Crippen LogP contribution is -1.99. The number of rotatable bonds is 1. The fourth-order valence-electron chi connectivity index (χ4n) is 2.84. The van der Waals surface area contributed by atoms with Crippen LogP contribution in [0.2, 0.25) is 0 Å². The Balaban J connectivity index is 2.17. The third kappa shape index (κ3) is 2.02. The fourth-order valence-corrected chi connectivity index (χ4v) is 4.02. The van der Waals surface area contributed by atoms with Gasteiger partial charge in [0.25, 0.3) is 0 Å². The maximum absolute atomic E-state index is 6.34. The standard InChI is InChI=1S/C16H12N6S2/c1-3-4-8-6-10(18)12(16-14(8)20-24-22-16)11-9(17)5-7(2)13-15(11)21-23-19-13/h5-6H,17-18H2,1-2H3. The summed E-state index contributed by atoms with van der Waals surface area (Å²) in [5.41, 5.74) is 20.1. The second-order valence-corrected chi connectivity index (χ2v) is 6.40. The van der Waals surface area contributed by atoms with Gasteiger partial charge in [-0.25, -0.2) is 0 Å². The van der Waals surface area contributed by atoms with Gasteiger partial charge in [-0.1, -0.05) is 5.92 Å². The molecule has 0 aliphatic carbocycles. The normalized spacial score (nSPS) is 10.9. The minimum absolute atomic E-state index is 0.554. The van der Waals surface area contributed by atoms with E-state index in [0.717, 1.165) is 62.3 Å². The van der Waals surface area contributed by atoms with E-state index in [1.165, 1.54) is 0 Å². The molecule has 0 bridgehead atoms. The summed E-state index contributed by atoms with van der Waals surface area (Å²) in [4.78, 5) is 0. The summed E-state index contributed by atoms with van der Waals surface area (Å²) in [5, 5.41) is 0. The van der Waals surface area contributed by atoms with Gasteiger partial charge in [-0.15, -0.1) is 5.92 Å². The first-order valence-corrected chi connectivity index (χ1v) is 8.57. The Morgan fingerprint density at radius 3 is 2.04 bits per heavy atom. The smallest absolute Gasteiger partial charge is 0.121 e. The molecule has 2 aromatic carbocycles. The number of fused-ring (bicyclic) bond motifs is 2. The molecule has 0 fully saturated rings. The van der Waals surface area contributed by atoms with Crippen LogP contribution in [0.1, 0.15) is 18.1 Å². The number of hydrogen-bond acceptors (Lipinski definition) is 8. The molecule has 0 aliphatic heterocycles. The van der Waals surface area contributed by atoms with E-state index in [-0.39, 0.29) is 0 Å². The van der Waals surface area contributed by atoms with Crippen LogP contribution < -0.4 is 11.5 Å². The number of aromatic nitrogens is 4. The molecule has 0 unspecified atom stereocenters. The Morgan fingerprint density at radius 2 is 1.38 bits per heavy atom. The molecule has 118 valence electrons. The predicted molar refractivity (Wildman–Crippen MR) is 99.9 cm³/mol. The lowest BCUT2D eigenvalue weighted by Gasteiger charge is -2.12. The van der Waals surface area contributed by atoms with E-state index in [0.29, 0.717) is 16.9 Å². The molecule has 0 atom stereocenters. The molecule has 0 radical (unpaired) electrons. The monoisotopic (exact) mass is 352 g/mol. The van der Waals surface area contributed by atoms with E-state index in [9.17, 15) is 0 Å². The highest BCUT2D eigenvalue weighted by atomic mass is 32.1. The number of nitrogens with zero attached hydrogens (tertiary/aromatic N) is 4. The molecule has 0 spiro atoms. The van der Waals surface area contributed by atoms with Crippen LogP contribution >= 0.6 is 23.5 Å². The Hall–Kier alpha value is -2.76. The molecule has 2 heterocycles. The van der Waals surface area contributed by atoms with Gasteiger partial charge in [0.2, 0.25) is 0 Å². The highest BCUT2D eigenvalue weighted by Gasteiger charge is 2.21. The Labute approximate surface area is 146 Å². The van der Waals surface area contributed by atoms with Gasteiger partial charge in [0.15, 0.2) is 0 Å². The average Bonchev–Trinajstić information content (AvgIpc) is 3.19. The first-order chi connectivity index (χ1) is 11.6. The van der Waals surface area contributed by atoms with Gasteiger partial charge < -0.3 is 11.5 Å². The highest BCUT2D eigenvalue weighted by Crippen LogP contribution is 2.42. The van der Waals surface area contributed by atoms with Gasteiger partial charge in [0.05, 0.1) is 29.0 Å². The van der Waals surface area contributed by atoms with Crippen LogP contribution in [0.3, 0.4) is 0 Å². The molecule has 24 heavy (non-hydrogen) atoms. The second kappa shape index (κ2) is 5.40. The molecule has 4 rings (SSSR count). The summed E-state index contributed by atoms with van der Waals surface area (Å²) in [5.74, 6) is 5.91.